The summed E-state index contributed by atoms with van der Waals surface area (Å²) in [7, 11) is 0. The van der Waals surface area contributed by atoms with Crippen LogP contribution in [0, 0.1) is 0 Å². The first-order valence-corrected chi connectivity index (χ1v) is 7.40. The number of nitrogens with two attached hydrogens (primary N) is 1. The van der Waals surface area contributed by atoms with Gasteiger partial charge in [-0.25, -0.2) is 0 Å². The van der Waals surface area contributed by atoms with Gasteiger partial charge in [0.25, 0.3) is 0 Å². The van der Waals surface area contributed by atoms with Crippen molar-refractivity contribution in [2.24, 2.45) is 15.9 Å². The van der Waals surface area contributed by atoms with E-state index in [1.54, 1.807) is 12.3 Å². The second-order valence-corrected chi connectivity index (χ2v) is 5.38. The van der Waals surface area contributed by atoms with Crippen molar-refractivity contribution in [3.63, 3.8) is 0 Å². The highest BCUT2D eigenvalue weighted by molar-refractivity contribution is 8.13. The standard InChI is InChI=1S/C15H14ClN3S/c16-14-9-5-4-8-13(14)10-18-19-15(17)20-11-12-6-2-1-3-7-12/h1-10H,11H2,(H2,17,19). The third-order valence-corrected chi connectivity index (χ3v) is 3.69. The van der Waals surface area contributed by atoms with Gasteiger partial charge in [-0.1, -0.05) is 71.9 Å². The maximum atomic E-state index is 6.00. The summed E-state index contributed by atoms with van der Waals surface area (Å²) in [6.07, 6.45) is 1.60. The number of hydrogen-bond acceptors (Lipinski definition) is 3. The topological polar surface area (TPSA) is 50.7 Å². The maximum absolute atomic E-state index is 6.00. The minimum absolute atomic E-state index is 0.428. The number of amidine groups is 1. The van der Waals surface area contributed by atoms with Crippen LogP contribution < -0.4 is 5.73 Å². The fourth-order valence-electron chi connectivity index (χ4n) is 1.49. The van der Waals surface area contributed by atoms with Crippen LogP contribution in [0.25, 0.3) is 0 Å². The summed E-state index contributed by atoms with van der Waals surface area (Å²) < 4.78 is 0. The van der Waals surface area contributed by atoms with Crippen molar-refractivity contribution >= 4 is 34.7 Å². The molecule has 3 nitrogen and oxygen atoms in total. The van der Waals surface area contributed by atoms with Gasteiger partial charge in [0.1, 0.15) is 0 Å². The van der Waals surface area contributed by atoms with Crippen molar-refractivity contribution in [3.8, 4) is 0 Å². The number of rotatable bonds is 4. The van der Waals surface area contributed by atoms with Crippen molar-refractivity contribution in [3.05, 3.63) is 70.7 Å². The van der Waals surface area contributed by atoms with E-state index in [-0.39, 0.29) is 0 Å². The molecule has 0 aliphatic rings. The molecule has 0 aliphatic carbocycles. The Balaban J connectivity index is 1.89. The smallest absolute Gasteiger partial charge is 0.180 e. The first-order chi connectivity index (χ1) is 9.75. The molecular weight excluding hydrogens is 290 g/mol. The zero-order valence-corrected chi connectivity index (χ0v) is 12.3. The molecule has 0 bridgehead atoms. The second kappa shape index (κ2) is 7.72. The Morgan fingerprint density at radius 2 is 1.80 bits per heavy atom. The molecule has 0 radical (unpaired) electrons. The van der Waals surface area contributed by atoms with Crippen LogP contribution in [-0.2, 0) is 5.75 Å². The van der Waals surface area contributed by atoms with Crippen molar-refractivity contribution in [2.75, 3.05) is 0 Å². The highest BCUT2D eigenvalue weighted by Crippen LogP contribution is 2.13. The minimum Gasteiger partial charge on any atom is -0.377 e. The average molecular weight is 304 g/mol. The Bertz CT molecular complexity index is 612. The van der Waals surface area contributed by atoms with E-state index in [0.717, 1.165) is 11.3 Å². The highest BCUT2D eigenvalue weighted by atomic mass is 35.5. The van der Waals surface area contributed by atoms with Gasteiger partial charge in [-0.05, 0) is 11.6 Å². The van der Waals surface area contributed by atoms with Gasteiger partial charge in [-0.15, -0.1) is 5.10 Å². The van der Waals surface area contributed by atoms with Crippen LogP contribution in [-0.4, -0.2) is 11.4 Å². The Morgan fingerprint density at radius 3 is 2.55 bits per heavy atom. The normalized spacial score (nSPS) is 11.9. The van der Waals surface area contributed by atoms with E-state index in [4.69, 9.17) is 17.3 Å². The molecule has 2 aromatic rings. The SMILES string of the molecule is NC(=NN=Cc1ccccc1Cl)SCc1ccccc1. The zero-order chi connectivity index (χ0) is 14.2. The maximum Gasteiger partial charge on any atom is 0.180 e. The molecule has 0 fully saturated rings. The first-order valence-electron chi connectivity index (χ1n) is 6.03. The molecule has 0 heterocycles. The molecular formula is C15H14ClN3S. The lowest BCUT2D eigenvalue weighted by atomic mass is 10.2. The number of benzene rings is 2. The first kappa shape index (κ1) is 14.6. The summed E-state index contributed by atoms with van der Waals surface area (Å²) in [5, 5.41) is 8.96. The summed E-state index contributed by atoms with van der Waals surface area (Å²) in [5.41, 5.74) is 7.81. The molecule has 0 aliphatic heterocycles. The van der Waals surface area contributed by atoms with Gasteiger partial charge in [0, 0.05) is 16.3 Å². The van der Waals surface area contributed by atoms with Gasteiger partial charge in [0.05, 0.1) is 6.21 Å². The fraction of sp³-hybridized carbons (Fsp3) is 0.0667. The molecule has 2 aromatic carbocycles. The predicted molar refractivity (Wildman–Crippen MR) is 88.4 cm³/mol. The lowest BCUT2D eigenvalue weighted by Gasteiger charge is -1.99. The van der Waals surface area contributed by atoms with Gasteiger partial charge < -0.3 is 5.73 Å². The van der Waals surface area contributed by atoms with Crippen LogP contribution in [0.4, 0.5) is 0 Å². The largest absolute Gasteiger partial charge is 0.377 e. The lowest BCUT2D eigenvalue weighted by Crippen LogP contribution is -2.06. The molecule has 20 heavy (non-hydrogen) atoms. The van der Waals surface area contributed by atoms with E-state index in [2.05, 4.69) is 10.2 Å². The molecule has 0 aromatic heterocycles. The lowest BCUT2D eigenvalue weighted by molar-refractivity contribution is 1.25. The number of halogens is 1. The van der Waals surface area contributed by atoms with E-state index < -0.39 is 0 Å². The van der Waals surface area contributed by atoms with E-state index in [0.29, 0.717) is 10.2 Å². The van der Waals surface area contributed by atoms with E-state index >= 15 is 0 Å². The van der Waals surface area contributed by atoms with Crippen molar-refractivity contribution in [1.82, 2.24) is 0 Å². The third kappa shape index (κ3) is 4.72. The molecule has 0 amide bonds. The summed E-state index contributed by atoms with van der Waals surface area (Å²) in [5.74, 6) is 0.776. The summed E-state index contributed by atoms with van der Waals surface area (Å²) in [6, 6.07) is 17.5. The summed E-state index contributed by atoms with van der Waals surface area (Å²) in [4.78, 5) is 0. The third-order valence-electron chi connectivity index (χ3n) is 2.49. The molecule has 2 N–H and O–H groups in total. The molecule has 0 unspecified atom stereocenters. The number of nitrogens with zero attached hydrogens (tertiary/aromatic N) is 2. The van der Waals surface area contributed by atoms with E-state index in [9.17, 15) is 0 Å². The van der Waals surface area contributed by atoms with Crippen LogP contribution in [0.3, 0.4) is 0 Å². The molecule has 0 spiro atoms. The molecule has 0 atom stereocenters. The molecule has 5 heteroatoms. The van der Waals surface area contributed by atoms with Crippen molar-refractivity contribution in [2.45, 2.75) is 5.75 Å². The number of hydrogen-bond donors (Lipinski definition) is 1. The van der Waals surface area contributed by atoms with Crippen LogP contribution in [0.5, 0.6) is 0 Å². The average Bonchev–Trinajstić information content (AvgIpc) is 2.48. The second-order valence-electron chi connectivity index (χ2n) is 3.98. The van der Waals surface area contributed by atoms with Crippen molar-refractivity contribution in [1.29, 1.82) is 0 Å². The van der Waals surface area contributed by atoms with Gasteiger partial charge in [-0.3, -0.25) is 0 Å². The Hall–Kier alpha value is -1.78. The van der Waals surface area contributed by atoms with Gasteiger partial charge >= 0.3 is 0 Å². The highest BCUT2D eigenvalue weighted by Gasteiger charge is 1.96. The molecule has 0 saturated heterocycles. The Kier molecular flexibility index (Phi) is 5.65. The molecule has 102 valence electrons. The van der Waals surface area contributed by atoms with Crippen LogP contribution in [0.15, 0.2) is 64.8 Å². The quantitative estimate of drug-likeness (QED) is 0.529. The fourth-order valence-corrected chi connectivity index (χ4v) is 2.28. The van der Waals surface area contributed by atoms with Crippen LogP contribution in [0.2, 0.25) is 5.02 Å². The predicted octanol–water partition coefficient (Wildman–Crippen LogP) is 3.92. The van der Waals surface area contributed by atoms with Crippen LogP contribution in [0.1, 0.15) is 11.1 Å². The summed E-state index contributed by atoms with van der Waals surface area (Å²) >= 11 is 7.45. The Labute approximate surface area is 127 Å². The van der Waals surface area contributed by atoms with Gasteiger partial charge in [0.2, 0.25) is 0 Å². The molecule has 0 saturated carbocycles. The monoisotopic (exact) mass is 303 g/mol. The minimum atomic E-state index is 0.428. The van der Waals surface area contributed by atoms with Gasteiger partial charge in [0.15, 0.2) is 5.17 Å². The zero-order valence-electron chi connectivity index (χ0n) is 10.7. The Morgan fingerprint density at radius 1 is 1.10 bits per heavy atom. The summed E-state index contributed by atoms with van der Waals surface area (Å²) in [6.45, 7) is 0. The van der Waals surface area contributed by atoms with Crippen molar-refractivity contribution < 1.29 is 0 Å². The molecule has 2 rings (SSSR count). The van der Waals surface area contributed by atoms with E-state index in [1.807, 2.05) is 48.5 Å². The van der Waals surface area contributed by atoms with Gasteiger partial charge in [-0.2, -0.15) is 5.10 Å². The van der Waals surface area contributed by atoms with E-state index in [1.165, 1.54) is 17.3 Å². The number of thioether (sulfide) groups is 1. The van der Waals surface area contributed by atoms with Crippen LogP contribution >= 0.6 is 23.4 Å².